The Labute approximate surface area is 147 Å². The van der Waals surface area contributed by atoms with E-state index in [4.69, 9.17) is 0 Å². The molecular weight excluding hydrogens is 372 g/mol. The van der Waals surface area contributed by atoms with Crippen molar-refractivity contribution in [2.45, 2.75) is 4.90 Å². The van der Waals surface area contributed by atoms with Gasteiger partial charge in [0.25, 0.3) is 0 Å². The predicted molar refractivity (Wildman–Crippen MR) is 86.0 cm³/mol. The van der Waals surface area contributed by atoms with Crippen molar-refractivity contribution in [2.75, 3.05) is 31.1 Å². The molecule has 0 radical (unpaired) electrons. The van der Waals surface area contributed by atoms with Gasteiger partial charge in [0.2, 0.25) is 16.0 Å². The van der Waals surface area contributed by atoms with Crippen LogP contribution in [0, 0.1) is 21.7 Å². The van der Waals surface area contributed by atoms with Gasteiger partial charge in [-0.15, -0.1) is 0 Å². The van der Waals surface area contributed by atoms with Crippen LogP contribution in [-0.4, -0.2) is 53.8 Å². The van der Waals surface area contributed by atoms with Crippen molar-refractivity contribution in [2.24, 2.45) is 0 Å². The zero-order valence-electron chi connectivity index (χ0n) is 13.2. The van der Waals surface area contributed by atoms with E-state index in [0.29, 0.717) is 6.07 Å². The van der Waals surface area contributed by atoms with Crippen LogP contribution in [0.1, 0.15) is 0 Å². The summed E-state index contributed by atoms with van der Waals surface area (Å²) in [4.78, 5) is 18.9. The highest BCUT2D eigenvalue weighted by Crippen LogP contribution is 2.22. The monoisotopic (exact) mass is 385 g/mol. The van der Waals surface area contributed by atoms with Gasteiger partial charge in [-0.05, 0) is 12.1 Å². The van der Waals surface area contributed by atoms with E-state index in [1.807, 2.05) is 0 Å². The molecule has 0 saturated carbocycles. The molecule has 1 fully saturated rings. The first-order chi connectivity index (χ1) is 12.3. The van der Waals surface area contributed by atoms with Crippen LogP contribution in [0.3, 0.4) is 0 Å². The maximum Gasteiger partial charge on any atom is 0.305 e. The number of nitro groups is 1. The normalized spacial score (nSPS) is 15.8. The average Bonchev–Trinajstić information content (AvgIpc) is 2.61. The maximum atomic E-state index is 13.8. The topological polar surface area (TPSA) is 110 Å². The zero-order chi connectivity index (χ0) is 18.9. The molecule has 1 aliphatic heterocycles. The second kappa shape index (κ2) is 6.88. The Kier molecular flexibility index (Phi) is 4.78. The maximum absolute atomic E-state index is 13.8. The van der Waals surface area contributed by atoms with Crippen molar-refractivity contribution < 1.29 is 22.1 Å². The molecule has 0 unspecified atom stereocenters. The van der Waals surface area contributed by atoms with E-state index in [1.54, 1.807) is 4.90 Å². The van der Waals surface area contributed by atoms with Gasteiger partial charge in [-0.3, -0.25) is 10.1 Å². The number of hydrogen-bond donors (Lipinski definition) is 0. The van der Waals surface area contributed by atoms with E-state index in [1.165, 1.54) is 0 Å². The van der Waals surface area contributed by atoms with Gasteiger partial charge in [-0.1, -0.05) is 0 Å². The number of rotatable bonds is 4. The zero-order valence-corrected chi connectivity index (χ0v) is 14.1. The Balaban J connectivity index is 1.72. The minimum Gasteiger partial charge on any atom is -0.338 e. The number of piperazine rings is 1. The third-order valence-corrected chi connectivity index (χ3v) is 5.80. The molecule has 0 bridgehead atoms. The highest BCUT2D eigenvalue weighted by atomic mass is 32.2. The molecular formula is C14H13F2N5O4S. The highest BCUT2D eigenvalue weighted by molar-refractivity contribution is 7.89. The lowest BCUT2D eigenvalue weighted by atomic mass is 10.3. The second-order valence-corrected chi connectivity index (χ2v) is 7.37. The molecule has 138 valence electrons. The second-order valence-electron chi connectivity index (χ2n) is 5.46. The lowest BCUT2D eigenvalue weighted by molar-refractivity contribution is -0.385. The minimum absolute atomic E-state index is 0.0412. The summed E-state index contributed by atoms with van der Waals surface area (Å²) in [6, 6.07) is 2.30. The molecule has 1 saturated heterocycles. The number of nitrogens with zero attached hydrogens (tertiary/aromatic N) is 5. The fourth-order valence-electron chi connectivity index (χ4n) is 2.52. The van der Waals surface area contributed by atoms with Crippen molar-refractivity contribution in [3.8, 4) is 0 Å². The Hall–Kier alpha value is -2.73. The number of sulfonamides is 1. The summed E-state index contributed by atoms with van der Waals surface area (Å²) in [7, 11) is -4.10. The van der Waals surface area contributed by atoms with Gasteiger partial charge in [-0.2, -0.15) is 4.31 Å². The van der Waals surface area contributed by atoms with Crippen LogP contribution in [0.5, 0.6) is 0 Å². The van der Waals surface area contributed by atoms with E-state index in [-0.39, 0.29) is 37.8 Å². The van der Waals surface area contributed by atoms with Crippen molar-refractivity contribution in [1.82, 2.24) is 14.3 Å². The Morgan fingerprint density at radius 1 is 1.08 bits per heavy atom. The quantitative estimate of drug-likeness (QED) is 0.574. The lowest BCUT2D eigenvalue weighted by Crippen LogP contribution is -2.49. The molecule has 3 rings (SSSR count). The summed E-state index contributed by atoms with van der Waals surface area (Å²) in [6.45, 7) is 0.526. The van der Waals surface area contributed by atoms with Crippen molar-refractivity contribution in [1.29, 1.82) is 0 Å². The third-order valence-electron chi connectivity index (χ3n) is 3.87. The SMILES string of the molecule is O=[N+]([O-])c1cnc(N2CCN(S(=O)(=O)c3ccc(F)cc3F)CC2)nc1. The van der Waals surface area contributed by atoms with Crippen LogP contribution in [0.25, 0.3) is 0 Å². The molecule has 9 nitrogen and oxygen atoms in total. The van der Waals surface area contributed by atoms with Crippen LogP contribution in [0.4, 0.5) is 20.4 Å². The fraction of sp³-hybridized carbons (Fsp3) is 0.286. The molecule has 0 N–H and O–H groups in total. The summed E-state index contributed by atoms with van der Waals surface area (Å²) in [5.74, 6) is -1.77. The number of halogens is 2. The number of aromatic nitrogens is 2. The molecule has 0 spiro atoms. The standard InChI is InChI=1S/C14H13F2N5O4S/c15-10-1-2-13(12(16)7-10)26(24,25)20-5-3-19(4-6-20)14-17-8-11(9-18-14)21(22)23/h1-2,7-9H,3-6H2. The highest BCUT2D eigenvalue weighted by Gasteiger charge is 2.31. The first-order valence-electron chi connectivity index (χ1n) is 7.45. The van der Waals surface area contributed by atoms with Gasteiger partial charge in [0.15, 0.2) is 0 Å². The first-order valence-corrected chi connectivity index (χ1v) is 8.89. The average molecular weight is 385 g/mol. The minimum atomic E-state index is -4.10. The Bertz CT molecular complexity index is 931. The van der Waals surface area contributed by atoms with Crippen LogP contribution in [-0.2, 0) is 10.0 Å². The predicted octanol–water partition coefficient (Wildman–Crippen LogP) is 1.17. The molecule has 1 aliphatic rings. The van der Waals surface area contributed by atoms with Crippen molar-refractivity contribution in [3.05, 3.63) is 52.3 Å². The summed E-state index contributed by atoms with van der Waals surface area (Å²) >= 11 is 0. The lowest BCUT2D eigenvalue weighted by Gasteiger charge is -2.33. The summed E-state index contributed by atoms with van der Waals surface area (Å²) < 4.78 is 52.9. The molecule has 2 aromatic rings. The van der Waals surface area contributed by atoms with E-state index in [9.17, 15) is 27.3 Å². The van der Waals surface area contributed by atoms with Gasteiger partial charge >= 0.3 is 5.69 Å². The van der Waals surface area contributed by atoms with Gasteiger partial charge < -0.3 is 4.90 Å². The van der Waals surface area contributed by atoms with Crippen LogP contribution >= 0.6 is 0 Å². The van der Waals surface area contributed by atoms with Crippen LogP contribution < -0.4 is 4.90 Å². The largest absolute Gasteiger partial charge is 0.338 e. The van der Waals surface area contributed by atoms with E-state index < -0.39 is 31.5 Å². The van der Waals surface area contributed by atoms with Crippen LogP contribution in [0.2, 0.25) is 0 Å². The van der Waals surface area contributed by atoms with E-state index >= 15 is 0 Å². The summed E-state index contributed by atoms with van der Waals surface area (Å²) in [5.41, 5.74) is -0.248. The van der Waals surface area contributed by atoms with Gasteiger partial charge in [-0.25, -0.2) is 27.2 Å². The Morgan fingerprint density at radius 2 is 1.69 bits per heavy atom. The molecule has 2 heterocycles. The molecule has 0 aliphatic carbocycles. The summed E-state index contributed by atoms with van der Waals surface area (Å²) in [6.07, 6.45) is 2.14. The molecule has 12 heteroatoms. The molecule has 0 atom stereocenters. The van der Waals surface area contributed by atoms with Crippen LogP contribution in [0.15, 0.2) is 35.5 Å². The van der Waals surface area contributed by atoms with Crippen molar-refractivity contribution in [3.63, 3.8) is 0 Å². The first kappa shape index (κ1) is 18.1. The number of benzene rings is 1. The van der Waals surface area contributed by atoms with E-state index in [2.05, 4.69) is 9.97 Å². The van der Waals surface area contributed by atoms with Gasteiger partial charge in [0.1, 0.15) is 28.9 Å². The summed E-state index contributed by atoms with van der Waals surface area (Å²) in [5, 5.41) is 10.6. The molecule has 1 aromatic heterocycles. The van der Waals surface area contributed by atoms with Crippen molar-refractivity contribution >= 4 is 21.7 Å². The van der Waals surface area contributed by atoms with Gasteiger partial charge in [0.05, 0.1) is 4.92 Å². The molecule has 1 aromatic carbocycles. The molecule has 26 heavy (non-hydrogen) atoms. The third kappa shape index (κ3) is 3.46. The smallest absolute Gasteiger partial charge is 0.305 e. The number of anilines is 1. The Morgan fingerprint density at radius 3 is 2.23 bits per heavy atom. The fourth-order valence-corrected chi connectivity index (χ4v) is 3.99. The number of hydrogen-bond acceptors (Lipinski definition) is 7. The van der Waals surface area contributed by atoms with E-state index in [0.717, 1.165) is 28.8 Å². The molecule has 0 amide bonds. The van der Waals surface area contributed by atoms with Gasteiger partial charge in [0, 0.05) is 32.2 Å².